The summed E-state index contributed by atoms with van der Waals surface area (Å²) in [6, 6.07) is 5.87. The first-order valence-electron chi connectivity index (χ1n) is 5.94. The van der Waals surface area contributed by atoms with Crippen LogP contribution in [0.2, 0.25) is 0 Å². The molecule has 2 unspecified atom stereocenters. The molecule has 2 rings (SSSR count). The number of nitrogens with one attached hydrogen (secondary N) is 2. The summed E-state index contributed by atoms with van der Waals surface area (Å²) in [7, 11) is 1.85. The van der Waals surface area contributed by atoms with Gasteiger partial charge in [-0.25, -0.2) is 0 Å². The SMILES string of the molecule is CNC1COCC1C(=O)Nc1cccc(Br)c1C. The molecule has 0 aliphatic carbocycles. The third-order valence-electron chi connectivity index (χ3n) is 3.31. The maximum atomic E-state index is 12.2. The lowest BCUT2D eigenvalue weighted by molar-refractivity contribution is -0.120. The van der Waals surface area contributed by atoms with E-state index in [-0.39, 0.29) is 17.9 Å². The number of rotatable bonds is 3. The maximum absolute atomic E-state index is 12.2. The highest BCUT2D eigenvalue weighted by molar-refractivity contribution is 9.10. The molecule has 1 fully saturated rings. The minimum Gasteiger partial charge on any atom is -0.379 e. The van der Waals surface area contributed by atoms with Crippen LogP contribution in [0.1, 0.15) is 5.56 Å². The van der Waals surface area contributed by atoms with Gasteiger partial charge in [-0.05, 0) is 31.7 Å². The lowest BCUT2D eigenvalue weighted by atomic mass is 10.0. The fraction of sp³-hybridized carbons (Fsp3) is 0.462. The fourth-order valence-corrected chi connectivity index (χ4v) is 2.43. The Morgan fingerprint density at radius 2 is 2.22 bits per heavy atom. The lowest BCUT2D eigenvalue weighted by Crippen LogP contribution is -2.39. The van der Waals surface area contributed by atoms with Crippen LogP contribution in [-0.2, 0) is 9.53 Å². The van der Waals surface area contributed by atoms with Gasteiger partial charge in [0.15, 0.2) is 0 Å². The van der Waals surface area contributed by atoms with Crippen molar-refractivity contribution in [2.75, 3.05) is 25.6 Å². The van der Waals surface area contributed by atoms with Crippen LogP contribution in [0, 0.1) is 12.8 Å². The molecule has 0 spiro atoms. The van der Waals surface area contributed by atoms with Crippen LogP contribution in [0.5, 0.6) is 0 Å². The lowest BCUT2D eigenvalue weighted by Gasteiger charge is -2.17. The van der Waals surface area contributed by atoms with Crippen LogP contribution in [0.3, 0.4) is 0 Å². The van der Waals surface area contributed by atoms with Crippen LogP contribution < -0.4 is 10.6 Å². The van der Waals surface area contributed by atoms with Crippen LogP contribution in [-0.4, -0.2) is 32.2 Å². The fourth-order valence-electron chi connectivity index (χ4n) is 2.07. The number of ether oxygens (including phenoxy) is 1. The normalized spacial score (nSPS) is 23.1. The number of halogens is 1. The molecular weight excluding hydrogens is 296 g/mol. The van der Waals surface area contributed by atoms with Crippen molar-refractivity contribution in [1.82, 2.24) is 5.32 Å². The van der Waals surface area contributed by atoms with Crippen LogP contribution >= 0.6 is 15.9 Å². The van der Waals surface area contributed by atoms with Crippen molar-refractivity contribution in [3.63, 3.8) is 0 Å². The average molecular weight is 313 g/mol. The molecule has 0 aromatic heterocycles. The number of benzene rings is 1. The van der Waals surface area contributed by atoms with Gasteiger partial charge in [0.25, 0.3) is 0 Å². The predicted molar refractivity (Wildman–Crippen MR) is 74.7 cm³/mol. The zero-order valence-corrected chi connectivity index (χ0v) is 12.1. The van der Waals surface area contributed by atoms with Crippen molar-refractivity contribution in [2.45, 2.75) is 13.0 Å². The Morgan fingerprint density at radius 1 is 1.44 bits per heavy atom. The van der Waals surface area contributed by atoms with Gasteiger partial charge >= 0.3 is 0 Å². The standard InChI is InChI=1S/C13H17BrN2O2/c1-8-10(14)4-3-5-11(8)16-13(17)9-6-18-7-12(9)15-2/h3-5,9,12,15H,6-7H2,1-2H3,(H,16,17). The molecule has 0 radical (unpaired) electrons. The molecule has 0 saturated carbocycles. The van der Waals surface area contributed by atoms with Crippen LogP contribution in [0.15, 0.2) is 22.7 Å². The summed E-state index contributed by atoms with van der Waals surface area (Å²) in [5, 5.41) is 6.08. The molecule has 1 aliphatic heterocycles. The van der Waals surface area contributed by atoms with E-state index in [0.717, 1.165) is 15.7 Å². The second-order valence-electron chi connectivity index (χ2n) is 4.44. The summed E-state index contributed by atoms with van der Waals surface area (Å²) < 4.78 is 6.33. The third kappa shape index (κ3) is 2.74. The monoisotopic (exact) mass is 312 g/mol. The second kappa shape index (κ2) is 5.82. The van der Waals surface area contributed by atoms with Gasteiger partial charge in [-0.2, -0.15) is 0 Å². The van der Waals surface area contributed by atoms with Crippen molar-refractivity contribution in [3.8, 4) is 0 Å². The Hall–Kier alpha value is -0.910. The summed E-state index contributed by atoms with van der Waals surface area (Å²) in [6.07, 6.45) is 0. The van der Waals surface area contributed by atoms with E-state index >= 15 is 0 Å². The van der Waals surface area contributed by atoms with E-state index < -0.39 is 0 Å². The first kappa shape index (κ1) is 13.5. The smallest absolute Gasteiger partial charge is 0.231 e. The van der Waals surface area contributed by atoms with E-state index in [1.807, 2.05) is 32.2 Å². The predicted octanol–water partition coefficient (Wildman–Crippen LogP) is 1.93. The molecule has 2 atom stereocenters. The molecule has 18 heavy (non-hydrogen) atoms. The molecular formula is C13H17BrN2O2. The summed E-state index contributed by atoms with van der Waals surface area (Å²) in [5.41, 5.74) is 1.88. The van der Waals surface area contributed by atoms with E-state index in [1.165, 1.54) is 0 Å². The van der Waals surface area contributed by atoms with Crippen molar-refractivity contribution in [1.29, 1.82) is 0 Å². The van der Waals surface area contributed by atoms with Crippen molar-refractivity contribution in [2.24, 2.45) is 5.92 Å². The number of likely N-dealkylation sites (N-methyl/N-ethyl adjacent to an activating group) is 1. The van der Waals surface area contributed by atoms with Gasteiger partial charge in [0.05, 0.1) is 19.1 Å². The zero-order chi connectivity index (χ0) is 13.1. The minimum atomic E-state index is -0.131. The van der Waals surface area contributed by atoms with Gasteiger partial charge in [-0.3, -0.25) is 4.79 Å². The van der Waals surface area contributed by atoms with Gasteiger partial charge in [-0.1, -0.05) is 22.0 Å². The van der Waals surface area contributed by atoms with Crippen LogP contribution in [0.4, 0.5) is 5.69 Å². The molecule has 1 aromatic carbocycles. The second-order valence-corrected chi connectivity index (χ2v) is 5.30. The molecule has 2 N–H and O–H groups in total. The molecule has 98 valence electrons. The largest absolute Gasteiger partial charge is 0.379 e. The molecule has 0 bridgehead atoms. The van der Waals surface area contributed by atoms with E-state index in [4.69, 9.17) is 4.74 Å². The first-order chi connectivity index (χ1) is 8.63. The maximum Gasteiger partial charge on any atom is 0.231 e. The highest BCUT2D eigenvalue weighted by atomic mass is 79.9. The topological polar surface area (TPSA) is 50.4 Å². The first-order valence-corrected chi connectivity index (χ1v) is 6.73. The molecule has 1 saturated heterocycles. The van der Waals surface area contributed by atoms with Gasteiger partial charge in [0, 0.05) is 16.2 Å². The summed E-state index contributed by atoms with van der Waals surface area (Å²) >= 11 is 3.46. The van der Waals surface area contributed by atoms with Gasteiger partial charge in [0.1, 0.15) is 0 Å². The van der Waals surface area contributed by atoms with Crippen LogP contribution in [0.25, 0.3) is 0 Å². The van der Waals surface area contributed by atoms with E-state index in [9.17, 15) is 4.79 Å². The zero-order valence-electron chi connectivity index (χ0n) is 10.5. The van der Waals surface area contributed by atoms with Crippen molar-refractivity contribution in [3.05, 3.63) is 28.2 Å². The van der Waals surface area contributed by atoms with Gasteiger partial charge < -0.3 is 15.4 Å². The average Bonchev–Trinajstić information content (AvgIpc) is 2.83. The Balaban J connectivity index is 2.09. The van der Waals surface area contributed by atoms with Crippen molar-refractivity contribution < 1.29 is 9.53 Å². The molecule has 1 heterocycles. The number of hydrogen-bond acceptors (Lipinski definition) is 3. The third-order valence-corrected chi connectivity index (χ3v) is 4.17. The van der Waals surface area contributed by atoms with E-state index in [0.29, 0.717) is 13.2 Å². The highest BCUT2D eigenvalue weighted by Crippen LogP contribution is 2.24. The van der Waals surface area contributed by atoms with Crippen molar-refractivity contribution >= 4 is 27.5 Å². The quantitative estimate of drug-likeness (QED) is 0.896. The highest BCUT2D eigenvalue weighted by Gasteiger charge is 2.33. The number of carbonyl (C=O) groups excluding carboxylic acids is 1. The van der Waals surface area contributed by atoms with E-state index in [1.54, 1.807) is 0 Å². The molecule has 1 aromatic rings. The molecule has 1 aliphatic rings. The molecule has 4 nitrogen and oxygen atoms in total. The van der Waals surface area contributed by atoms with E-state index in [2.05, 4.69) is 26.6 Å². The molecule has 1 amide bonds. The Kier molecular flexibility index (Phi) is 4.37. The Bertz CT molecular complexity index is 451. The number of amides is 1. The number of anilines is 1. The van der Waals surface area contributed by atoms with Gasteiger partial charge in [0.2, 0.25) is 5.91 Å². The number of carbonyl (C=O) groups is 1. The Morgan fingerprint density at radius 3 is 2.94 bits per heavy atom. The summed E-state index contributed by atoms with van der Waals surface area (Å²) in [5.74, 6) is -0.124. The summed E-state index contributed by atoms with van der Waals surface area (Å²) in [6.45, 7) is 3.04. The Labute approximate surface area is 115 Å². The summed E-state index contributed by atoms with van der Waals surface area (Å²) in [4.78, 5) is 12.2. The molecule has 5 heteroatoms. The van der Waals surface area contributed by atoms with Gasteiger partial charge in [-0.15, -0.1) is 0 Å². The number of hydrogen-bond donors (Lipinski definition) is 2. The minimum absolute atomic E-state index is 0.00745.